The summed E-state index contributed by atoms with van der Waals surface area (Å²) in [5.41, 5.74) is 0.157. The molecule has 0 aliphatic heterocycles. The van der Waals surface area contributed by atoms with Crippen LogP contribution in [0.3, 0.4) is 0 Å². The molecule has 2 aromatic rings. The zero-order valence-electron chi connectivity index (χ0n) is 10.5. The predicted octanol–water partition coefficient (Wildman–Crippen LogP) is 2.75. The van der Waals surface area contributed by atoms with Crippen molar-refractivity contribution in [2.75, 3.05) is 5.32 Å². The summed E-state index contributed by atoms with van der Waals surface area (Å²) in [6.45, 7) is 1.58. The van der Waals surface area contributed by atoms with Gasteiger partial charge in [0.25, 0.3) is 5.56 Å². The number of carbonyl (C=O) groups is 1. The molecule has 0 saturated heterocycles. The van der Waals surface area contributed by atoms with Gasteiger partial charge in [0.05, 0.1) is 10.0 Å². The first kappa shape index (κ1) is 14.6. The van der Waals surface area contributed by atoms with Gasteiger partial charge in [-0.2, -0.15) is 5.10 Å². The van der Waals surface area contributed by atoms with Gasteiger partial charge in [-0.3, -0.25) is 9.59 Å². The van der Waals surface area contributed by atoms with E-state index in [1.165, 1.54) is 24.4 Å². The van der Waals surface area contributed by atoms with Crippen LogP contribution in [0.5, 0.6) is 0 Å². The van der Waals surface area contributed by atoms with E-state index in [0.29, 0.717) is 15.7 Å². The summed E-state index contributed by atoms with van der Waals surface area (Å²) < 4.78 is 1.10. The van der Waals surface area contributed by atoms with Crippen LogP contribution in [0, 0.1) is 0 Å². The van der Waals surface area contributed by atoms with Gasteiger partial charge in [-0.1, -0.05) is 23.2 Å². The molecule has 0 bridgehead atoms. The van der Waals surface area contributed by atoms with Crippen molar-refractivity contribution in [3.05, 3.63) is 56.9 Å². The van der Waals surface area contributed by atoms with Crippen LogP contribution >= 0.6 is 23.2 Å². The molecule has 0 radical (unpaired) electrons. The van der Waals surface area contributed by atoms with Gasteiger partial charge in [-0.25, -0.2) is 4.68 Å². The van der Waals surface area contributed by atoms with Crippen molar-refractivity contribution in [1.29, 1.82) is 0 Å². The number of hydrogen-bond acceptors (Lipinski definition) is 3. The van der Waals surface area contributed by atoms with Gasteiger partial charge in [-0.05, 0) is 31.2 Å². The molecule has 1 amide bonds. The number of rotatable bonds is 3. The third-order valence-electron chi connectivity index (χ3n) is 2.68. The molecule has 5 nitrogen and oxygen atoms in total. The molecule has 104 valence electrons. The summed E-state index contributed by atoms with van der Waals surface area (Å²) in [6, 6.07) is 6.86. The molecular formula is C13H11Cl2N3O2. The topological polar surface area (TPSA) is 64.0 Å². The van der Waals surface area contributed by atoms with Crippen LogP contribution in [0.15, 0.2) is 41.3 Å². The van der Waals surface area contributed by atoms with E-state index in [1.54, 1.807) is 19.1 Å². The molecule has 7 heteroatoms. The van der Waals surface area contributed by atoms with E-state index in [4.69, 9.17) is 23.2 Å². The minimum Gasteiger partial charge on any atom is -0.324 e. The number of benzene rings is 1. The van der Waals surface area contributed by atoms with Gasteiger partial charge in [0.1, 0.15) is 6.04 Å². The zero-order chi connectivity index (χ0) is 14.7. The first-order valence-electron chi connectivity index (χ1n) is 5.79. The van der Waals surface area contributed by atoms with Crippen molar-refractivity contribution < 1.29 is 4.79 Å². The quantitative estimate of drug-likeness (QED) is 0.948. The number of anilines is 1. The van der Waals surface area contributed by atoms with E-state index < -0.39 is 6.04 Å². The molecule has 1 N–H and O–H groups in total. The fraction of sp³-hybridized carbons (Fsp3) is 0.154. The normalized spacial score (nSPS) is 11.9. The number of nitrogens with one attached hydrogen (secondary N) is 1. The second kappa shape index (κ2) is 6.07. The van der Waals surface area contributed by atoms with Crippen molar-refractivity contribution >= 4 is 34.8 Å². The molecule has 0 spiro atoms. The Balaban J connectivity index is 2.18. The van der Waals surface area contributed by atoms with E-state index in [9.17, 15) is 9.59 Å². The number of carbonyl (C=O) groups excluding carboxylic acids is 1. The lowest BCUT2D eigenvalue weighted by molar-refractivity contribution is -0.119. The van der Waals surface area contributed by atoms with E-state index in [1.807, 2.05) is 0 Å². The molecule has 0 fully saturated rings. The van der Waals surface area contributed by atoms with Gasteiger partial charge < -0.3 is 5.32 Å². The first-order valence-corrected chi connectivity index (χ1v) is 6.54. The van der Waals surface area contributed by atoms with Crippen LogP contribution in [-0.4, -0.2) is 15.7 Å². The van der Waals surface area contributed by atoms with Crippen LogP contribution in [0.4, 0.5) is 5.69 Å². The van der Waals surface area contributed by atoms with Crippen molar-refractivity contribution in [1.82, 2.24) is 9.78 Å². The maximum Gasteiger partial charge on any atom is 0.267 e. The van der Waals surface area contributed by atoms with Crippen LogP contribution in [0.2, 0.25) is 10.0 Å². The summed E-state index contributed by atoms with van der Waals surface area (Å²) in [5.74, 6) is -0.371. The molecule has 0 aliphatic carbocycles. The smallest absolute Gasteiger partial charge is 0.267 e. The molecule has 1 atom stereocenters. The molecule has 20 heavy (non-hydrogen) atoms. The third kappa shape index (κ3) is 3.18. The maximum atomic E-state index is 12.1. The molecule has 2 rings (SSSR count). The van der Waals surface area contributed by atoms with Crippen molar-refractivity contribution in [2.24, 2.45) is 0 Å². The van der Waals surface area contributed by atoms with Gasteiger partial charge in [0, 0.05) is 18.0 Å². The van der Waals surface area contributed by atoms with Gasteiger partial charge in [0.2, 0.25) is 5.91 Å². The van der Waals surface area contributed by atoms with Gasteiger partial charge in [0.15, 0.2) is 0 Å². The molecule has 0 aliphatic rings. The summed E-state index contributed by atoms with van der Waals surface area (Å²) >= 11 is 11.7. The summed E-state index contributed by atoms with van der Waals surface area (Å²) in [7, 11) is 0. The largest absolute Gasteiger partial charge is 0.324 e. The highest BCUT2D eigenvalue weighted by atomic mass is 35.5. The highest BCUT2D eigenvalue weighted by molar-refractivity contribution is 6.42. The highest BCUT2D eigenvalue weighted by Crippen LogP contribution is 2.25. The Kier molecular flexibility index (Phi) is 4.42. The lowest BCUT2D eigenvalue weighted by atomic mass is 10.2. The Morgan fingerprint density at radius 1 is 1.30 bits per heavy atom. The lowest BCUT2D eigenvalue weighted by Gasteiger charge is -2.13. The monoisotopic (exact) mass is 311 g/mol. The number of amides is 1. The van der Waals surface area contributed by atoms with E-state index in [0.717, 1.165) is 4.68 Å². The van der Waals surface area contributed by atoms with Crippen molar-refractivity contribution in [2.45, 2.75) is 13.0 Å². The van der Waals surface area contributed by atoms with Gasteiger partial charge in [-0.15, -0.1) is 0 Å². The number of aromatic nitrogens is 2. The van der Waals surface area contributed by atoms with E-state index in [-0.39, 0.29) is 11.5 Å². The van der Waals surface area contributed by atoms with Crippen LogP contribution in [0.1, 0.15) is 13.0 Å². The fourth-order valence-electron chi connectivity index (χ4n) is 1.59. The Hall–Kier alpha value is -1.85. The van der Waals surface area contributed by atoms with Crippen LogP contribution in [-0.2, 0) is 4.79 Å². The minimum absolute atomic E-state index is 0.340. The Bertz CT molecular complexity index is 700. The Morgan fingerprint density at radius 3 is 2.70 bits per heavy atom. The molecule has 0 saturated carbocycles. The molecule has 1 aromatic heterocycles. The Morgan fingerprint density at radius 2 is 2.05 bits per heavy atom. The number of halogens is 2. The molecular weight excluding hydrogens is 301 g/mol. The molecule has 1 heterocycles. The van der Waals surface area contributed by atoms with E-state index >= 15 is 0 Å². The standard InChI is InChI=1S/C13H11Cl2N3O2/c1-8(18-12(19)3-2-6-16-18)13(20)17-9-4-5-10(14)11(15)7-9/h2-8H,1H3,(H,17,20). The summed E-state index contributed by atoms with van der Waals surface area (Å²) in [4.78, 5) is 23.7. The first-order chi connectivity index (χ1) is 9.49. The third-order valence-corrected chi connectivity index (χ3v) is 3.41. The van der Waals surface area contributed by atoms with Crippen molar-refractivity contribution in [3.8, 4) is 0 Å². The highest BCUT2D eigenvalue weighted by Gasteiger charge is 2.17. The summed E-state index contributed by atoms with van der Waals surface area (Å²) in [6.07, 6.45) is 1.45. The number of nitrogens with zero attached hydrogens (tertiary/aromatic N) is 2. The zero-order valence-corrected chi connectivity index (χ0v) is 12.0. The van der Waals surface area contributed by atoms with Crippen molar-refractivity contribution in [3.63, 3.8) is 0 Å². The Labute approximate surface area is 125 Å². The summed E-state index contributed by atoms with van der Waals surface area (Å²) in [5, 5.41) is 7.26. The van der Waals surface area contributed by atoms with E-state index in [2.05, 4.69) is 10.4 Å². The van der Waals surface area contributed by atoms with Gasteiger partial charge >= 0.3 is 0 Å². The fourth-order valence-corrected chi connectivity index (χ4v) is 1.89. The molecule has 1 aromatic carbocycles. The minimum atomic E-state index is -0.738. The second-order valence-electron chi connectivity index (χ2n) is 4.10. The lowest BCUT2D eigenvalue weighted by Crippen LogP contribution is -2.32. The second-order valence-corrected chi connectivity index (χ2v) is 4.91. The van der Waals surface area contributed by atoms with Crippen LogP contribution < -0.4 is 10.9 Å². The SMILES string of the molecule is CC(C(=O)Nc1ccc(Cl)c(Cl)c1)n1ncccc1=O. The average Bonchev–Trinajstić information content (AvgIpc) is 2.42. The predicted molar refractivity (Wildman–Crippen MR) is 78.3 cm³/mol. The number of hydrogen-bond donors (Lipinski definition) is 1. The van der Waals surface area contributed by atoms with Crippen LogP contribution in [0.25, 0.3) is 0 Å². The average molecular weight is 312 g/mol. The molecule has 1 unspecified atom stereocenters. The maximum absolute atomic E-state index is 12.1.